The number of thiophene rings is 1. The van der Waals surface area contributed by atoms with Gasteiger partial charge in [0, 0.05) is 10.4 Å². The smallest absolute Gasteiger partial charge is 0.341 e. The summed E-state index contributed by atoms with van der Waals surface area (Å²) >= 11 is 3.88. The number of nitrogens with one attached hydrogen (secondary N) is 2. The van der Waals surface area contributed by atoms with E-state index in [1.807, 2.05) is 13.8 Å². The molecule has 0 fully saturated rings. The standard InChI is InChI=1S/C26H30N4O5S3/c1-5-34-24(33)20-18-8-6-7-9-19(18)37-23(20)27-21(31)15(4)36-26-30-29-25(38-26)28-22(32)16-10-12-17(13-11-16)35-14(2)3/h10-15H,5-9H2,1-4H3,(H,27,31)(H,28,29,32). The molecule has 1 unspecified atom stereocenters. The van der Waals surface area contributed by atoms with Gasteiger partial charge in [0.2, 0.25) is 11.0 Å². The number of rotatable bonds is 10. The summed E-state index contributed by atoms with van der Waals surface area (Å²) in [6.45, 7) is 7.68. The van der Waals surface area contributed by atoms with Crippen LogP contribution in [0.4, 0.5) is 10.1 Å². The largest absolute Gasteiger partial charge is 0.491 e. The normalized spacial score (nSPS) is 13.5. The molecule has 1 atom stereocenters. The van der Waals surface area contributed by atoms with E-state index in [1.165, 1.54) is 34.4 Å². The van der Waals surface area contributed by atoms with Crippen LogP contribution in [0.25, 0.3) is 0 Å². The summed E-state index contributed by atoms with van der Waals surface area (Å²) in [6.07, 6.45) is 3.86. The molecule has 202 valence electrons. The molecule has 0 spiro atoms. The molecule has 4 rings (SSSR count). The van der Waals surface area contributed by atoms with E-state index < -0.39 is 11.2 Å². The van der Waals surface area contributed by atoms with Crippen molar-refractivity contribution < 1.29 is 23.9 Å². The maximum atomic E-state index is 13.0. The maximum Gasteiger partial charge on any atom is 0.341 e. The van der Waals surface area contributed by atoms with Gasteiger partial charge in [0.25, 0.3) is 5.91 Å². The van der Waals surface area contributed by atoms with Gasteiger partial charge in [-0.05, 0) is 83.2 Å². The molecule has 2 aromatic heterocycles. The Labute approximate surface area is 233 Å². The first-order valence-electron chi connectivity index (χ1n) is 12.5. The molecule has 0 bridgehead atoms. The first kappa shape index (κ1) is 28.1. The Morgan fingerprint density at radius 3 is 2.47 bits per heavy atom. The van der Waals surface area contributed by atoms with Gasteiger partial charge in [-0.15, -0.1) is 21.5 Å². The van der Waals surface area contributed by atoms with Crippen LogP contribution >= 0.6 is 34.4 Å². The van der Waals surface area contributed by atoms with Crippen LogP contribution in [-0.2, 0) is 22.4 Å². The Morgan fingerprint density at radius 1 is 1.03 bits per heavy atom. The minimum absolute atomic E-state index is 0.0479. The van der Waals surface area contributed by atoms with Crippen molar-refractivity contribution in [2.24, 2.45) is 0 Å². The van der Waals surface area contributed by atoms with Crippen molar-refractivity contribution in [2.75, 3.05) is 17.2 Å². The molecule has 12 heteroatoms. The molecule has 0 saturated heterocycles. The van der Waals surface area contributed by atoms with Gasteiger partial charge >= 0.3 is 5.97 Å². The van der Waals surface area contributed by atoms with Gasteiger partial charge in [-0.2, -0.15) is 0 Å². The van der Waals surface area contributed by atoms with Crippen LogP contribution in [0.3, 0.4) is 0 Å². The molecular weight excluding hydrogens is 545 g/mol. The van der Waals surface area contributed by atoms with Crippen molar-refractivity contribution in [1.82, 2.24) is 10.2 Å². The van der Waals surface area contributed by atoms with Gasteiger partial charge in [-0.25, -0.2) is 4.79 Å². The number of carbonyl (C=O) groups is 3. The number of hydrogen-bond donors (Lipinski definition) is 2. The second-order valence-electron chi connectivity index (χ2n) is 8.90. The summed E-state index contributed by atoms with van der Waals surface area (Å²) in [5, 5.41) is 14.2. The monoisotopic (exact) mass is 574 g/mol. The van der Waals surface area contributed by atoms with Crippen LogP contribution < -0.4 is 15.4 Å². The first-order chi connectivity index (χ1) is 18.2. The predicted octanol–water partition coefficient (Wildman–Crippen LogP) is 5.81. The van der Waals surface area contributed by atoms with Crippen molar-refractivity contribution in [3.8, 4) is 5.75 Å². The topological polar surface area (TPSA) is 120 Å². The highest BCUT2D eigenvalue weighted by Gasteiger charge is 2.28. The molecule has 2 amide bonds. The summed E-state index contributed by atoms with van der Waals surface area (Å²) in [5.74, 6) is -0.263. The van der Waals surface area contributed by atoms with Gasteiger partial charge in [-0.3, -0.25) is 14.9 Å². The number of anilines is 2. The lowest BCUT2D eigenvalue weighted by atomic mass is 9.95. The lowest BCUT2D eigenvalue weighted by molar-refractivity contribution is -0.115. The highest BCUT2D eigenvalue weighted by molar-refractivity contribution is 8.02. The van der Waals surface area contributed by atoms with Gasteiger partial charge in [0.05, 0.1) is 23.5 Å². The van der Waals surface area contributed by atoms with Crippen LogP contribution in [0.2, 0.25) is 0 Å². The Balaban J connectivity index is 1.37. The molecule has 3 aromatic rings. The van der Waals surface area contributed by atoms with E-state index in [0.29, 0.717) is 31.3 Å². The zero-order valence-corrected chi connectivity index (χ0v) is 24.1. The molecular formula is C26H30N4O5S3. The van der Waals surface area contributed by atoms with Gasteiger partial charge in [0.15, 0.2) is 4.34 Å². The molecule has 0 saturated carbocycles. The third-order valence-electron chi connectivity index (χ3n) is 5.65. The van der Waals surface area contributed by atoms with E-state index in [0.717, 1.165) is 36.1 Å². The van der Waals surface area contributed by atoms with Gasteiger partial charge in [0.1, 0.15) is 10.8 Å². The number of hydrogen-bond acceptors (Lipinski definition) is 10. The number of carbonyl (C=O) groups excluding carboxylic acids is 3. The summed E-state index contributed by atoms with van der Waals surface area (Å²) in [7, 11) is 0. The fourth-order valence-corrected chi connectivity index (χ4v) is 7.10. The summed E-state index contributed by atoms with van der Waals surface area (Å²) in [6, 6.07) is 6.86. The SMILES string of the molecule is CCOC(=O)c1c(NC(=O)C(C)Sc2nnc(NC(=O)c3ccc(OC(C)C)cc3)s2)sc2c1CCCC2. The molecule has 2 N–H and O–H groups in total. The number of thioether (sulfide) groups is 1. The van der Waals surface area contributed by atoms with Crippen molar-refractivity contribution in [3.63, 3.8) is 0 Å². The minimum Gasteiger partial charge on any atom is -0.491 e. The Bertz CT molecular complexity index is 1300. The fraction of sp³-hybridized carbons (Fsp3) is 0.423. The molecule has 0 radical (unpaired) electrons. The first-order valence-corrected chi connectivity index (χ1v) is 15.0. The molecule has 9 nitrogen and oxygen atoms in total. The van der Waals surface area contributed by atoms with Crippen molar-refractivity contribution >= 4 is 62.4 Å². The van der Waals surface area contributed by atoms with Crippen LogP contribution in [0.15, 0.2) is 28.6 Å². The number of amides is 2. The quantitative estimate of drug-likeness (QED) is 0.177. The maximum absolute atomic E-state index is 13.0. The van der Waals surface area contributed by atoms with Crippen molar-refractivity contribution in [2.45, 2.75) is 69.1 Å². The fourth-order valence-electron chi connectivity index (χ4n) is 3.93. The lowest BCUT2D eigenvalue weighted by Crippen LogP contribution is -2.23. The zero-order chi connectivity index (χ0) is 27.2. The van der Waals surface area contributed by atoms with E-state index in [4.69, 9.17) is 9.47 Å². The van der Waals surface area contributed by atoms with E-state index in [-0.39, 0.29) is 24.5 Å². The summed E-state index contributed by atoms with van der Waals surface area (Å²) in [5.41, 5.74) is 1.96. The molecule has 2 heterocycles. The second kappa shape index (κ2) is 12.7. The van der Waals surface area contributed by atoms with Crippen LogP contribution in [0.5, 0.6) is 5.75 Å². The summed E-state index contributed by atoms with van der Waals surface area (Å²) in [4.78, 5) is 39.4. The molecule has 0 aliphatic heterocycles. The average Bonchev–Trinajstić information content (AvgIpc) is 3.47. The predicted molar refractivity (Wildman–Crippen MR) is 151 cm³/mol. The van der Waals surface area contributed by atoms with E-state index in [9.17, 15) is 14.4 Å². The molecule has 1 aromatic carbocycles. The highest BCUT2D eigenvalue weighted by Crippen LogP contribution is 2.39. The average molecular weight is 575 g/mol. The Hall–Kier alpha value is -2.96. The minimum atomic E-state index is -0.505. The van der Waals surface area contributed by atoms with E-state index in [1.54, 1.807) is 38.1 Å². The zero-order valence-electron chi connectivity index (χ0n) is 21.7. The number of fused-ring (bicyclic) bond motifs is 1. The van der Waals surface area contributed by atoms with Crippen LogP contribution in [0, 0.1) is 0 Å². The highest BCUT2D eigenvalue weighted by atomic mass is 32.2. The number of nitrogens with zero attached hydrogens (tertiary/aromatic N) is 2. The number of ether oxygens (including phenoxy) is 2. The number of esters is 1. The molecule has 1 aliphatic carbocycles. The number of benzene rings is 1. The third kappa shape index (κ3) is 6.91. The molecule has 38 heavy (non-hydrogen) atoms. The summed E-state index contributed by atoms with van der Waals surface area (Å²) < 4.78 is 11.4. The Morgan fingerprint density at radius 2 is 1.76 bits per heavy atom. The number of aromatic nitrogens is 2. The van der Waals surface area contributed by atoms with Crippen LogP contribution in [0.1, 0.15) is 71.7 Å². The van der Waals surface area contributed by atoms with Crippen molar-refractivity contribution in [1.29, 1.82) is 0 Å². The third-order valence-corrected chi connectivity index (χ3v) is 8.88. The Kier molecular flexibility index (Phi) is 9.40. The molecule has 1 aliphatic rings. The van der Waals surface area contributed by atoms with Gasteiger partial charge < -0.3 is 14.8 Å². The number of aryl methyl sites for hydroxylation is 1. The van der Waals surface area contributed by atoms with E-state index >= 15 is 0 Å². The lowest BCUT2D eigenvalue weighted by Gasteiger charge is -2.13. The van der Waals surface area contributed by atoms with E-state index in [2.05, 4.69) is 20.8 Å². The second-order valence-corrected chi connectivity index (χ2v) is 12.6. The van der Waals surface area contributed by atoms with Gasteiger partial charge in [-0.1, -0.05) is 23.1 Å². The van der Waals surface area contributed by atoms with Crippen molar-refractivity contribution in [3.05, 3.63) is 45.8 Å². The van der Waals surface area contributed by atoms with Crippen LogP contribution in [-0.4, -0.2) is 45.9 Å².